The third-order valence-corrected chi connectivity index (χ3v) is 2.89. The molecule has 0 heterocycles. The van der Waals surface area contributed by atoms with Crippen molar-refractivity contribution >= 4 is 18.3 Å². The van der Waals surface area contributed by atoms with Gasteiger partial charge in [0.05, 0.1) is 13.7 Å². The predicted octanol–water partition coefficient (Wildman–Crippen LogP) is 1.44. The second kappa shape index (κ2) is 9.58. The molecule has 0 aliphatic heterocycles. The molecule has 0 saturated heterocycles. The van der Waals surface area contributed by atoms with Gasteiger partial charge in [0.1, 0.15) is 11.8 Å². The highest BCUT2D eigenvalue weighted by Gasteiger charge is 2.19. The normalized spacial score (nSPS) is 11.4. The fourth-order valence-electron chi connectivity index (χ4n) is 1.78. The van der Waals surface area contributed by atoms with Gasteiger partial charge in [-0.15, -0.1) is 12.4 Å². The molecule has 1 aromatic rings. The Kier molecular flexibility index (Phi) is 8.96. The van der Waals surface area contributed by atoms with Crippen molar-refractivity contribution in [2.24, 2.45) is 5.73 Å². The maximum atomic E-state index is 12.1. The molecule has 0 radical (unpaired) electrons. The van der Waals surface area contributed by atoms with Crippen LogP contribution >= 0.6 is 12.4 Å². The molecule has 0 aliphatic rings. The Balaban J connectivity index is 0.00000361. The molecule has 0 spiro atoms. The first-order chi connectivity index (χ1) is 9.12. The lowest BCUT2D eigenvalue weighted by molar-refractivity contribution is -0.134. The summed E-state index contributed by atoms with van der Waals surface area (Å²) in [6.07, 6.45) is 0. The lowest BCUT2D eigenvalue weighted by atomic mass is 10.2. The van der Waals surface area contributed by atoms with E-state index in [0.717, 1.165) is 11.3 Å². The van der Waals surface area contributed by atoms with E-state index in [2.05, 4.69) is 0 Å². The van der Waals surface area contributed by atoms with Gasteiger partial charge in [-0.2, -0.15) is 0 Å². The SMILES string of the molecule is CCN(Cc1ccc(OC)cc1)C(=O)C(N)COC.Cl. The van der Waals surface area contributed by atoms with Crippen LogP contribution in [0.1, 0.15) is 12.5 Å². The molecule has 1 amide bonds. The van der Waals surface area contributed by atoms with Crippen molar-refractivity contribution in [3.05, 3.63) is 29.8 Å². The van der Waals surface area contributed by atoms with E-state index in [9.17, 15) is 4.79 Å². The van der Waals surface area contributed by atoms with Crippen LogP contribution in [0.25, 0.3) is 0 Å². The minimum absolute atomic E-state index is 0. The van der Waals surface area contributed by atoms with Gasteiger partial charge in [-0.05, 0) is 24.6 Å². The average Bonchev–Trinajstić information content (AvgIpc) is 2.45. The van der Waals surface area contributed by atoms with Gasteiger partial charge >= 0.3 is 0 Å². The molecule has 20 heavy (non-hydrogen) atoms. The first kappa shape index (κ1) is 18.7. The van der Waals surface area contributed by atoms with Gasteiger partial charge in [-0.3, -0.25) is 4.79 Å². The number of nitrogens with zero attached hydrogens (tertiary/aromatic N) is 1. The summed E-state index contributed by atoms with van der Waals surface area (Å²) in [5, 5.41) is 0. The van der Waals surface area contributed by atoms with Gasteiger partial charge in [0.15, 0.2) is 0 Å². The zero-order valence-electron chi connectivity index (χ0n) is 12.2. The molecule has 1 atom stereocenters. The fourth-order valence-corrected chi connectivity index (χ4v) is 1.78. The van der Waals surface area contributed by atoms with Crippen LogP contribution in [0.4, 0.5) is 0 Å². The molecular weight excluding hydrogens is 280 g/mol. The third-order valence-electron chi connectivity index (χ3n) is 2.89. The van der Waals surface area contributed by atoms with E-state index in [4.69, 9.17) is 15.2 Å². The standard InChI is InChI=1S/C14H22N2O3.ClH/c1-4-16(14(17)13(15)10-18-2)9-11-5-7-12(19-3)8-6-11;/h5-8,13H,4,9-10,15H2,1-3H3;1H. The summed E-state index contributed by atoms with van der Waals surface area (Å²) in [6.45, 7) is 3.32. The smallest absolute Gasteiger partial charge is 0.242 e. The molecule has 6 heteroatoms. The Morgan fingerprint density at radius 3 is 2.35 bits per heavy atom. The van der Waals surface area contributed by atoms with Crippen molar-refractivity contribution in [1.29, 1.82) is 0 Å². The largest absolute Gasteiger partial charge is 0.497 e. The van der Waals surface area contributed by atoms with E-state index in [-0.39, 0.29) is 24.9 Å². The van der Waals surface area contributed by atoms with Crippen LogP contribution in [0.2, 0.25) is 0 Å². The Morgan fingerprint density at radius 1 is 1.30 bits per heavy atom. The van der Waals surface area contributed by atoms with Crippen molar-refractivity contribution in [3.8, 4) is 5.75 Å². The van der Waals surface area contributed by atoms with Crippen LogP contribution in [-0.2, 0) is 16.1 Å². The summed E-state index contributed by atoms with van der Waals surface area (Å²) in [4.78, 5) is 13.8. The van der Waals surface area contributed by atoms with Crippen LogP contribution in [-0.4, -0.2) is 44.2 Å². The van der Waals surface area contributed by atoms with E-state index in [0.29, 0.717) is 13.1 Å². The Labute approximate surface area is 126 Å². The molecule has 1 rings (SSSR count). The van der Waals surface area contributed by atoms with Gasteiger partial charge in [-0.25, -0.2) is 0 Å². The average molecular weight is 303 g/mol. The molecular formula is C14H23ClN2O3. The quantitative estimate of drug-likeness (QED) is 0.828. The zero-order chi connectivity index (χ0) is 14.3. The number of rotatable bonds is 7. The van der Waals surface area contributed by atoms with Crippen LogP contribution in [0.15, 0.2) is 24.3 Å². The van der Waals surface area contributed by atoms with Crippen molar-refractivity contribution in [1.82, 2.24) is 4.90 Å². The monoisotopic (exact) mass is 302 g/mol. The van der Waals surface area contributed by atoms with E-state index in [1.54, 1.807) is 12.0 Å². The van der Waals surface area contributed by atoms with Gasteiger partial charge in [0.25, 0.3) is 0 Å². The summed E-state index contributed by atoms with van der Waals surface area (Å²) in [5.41, 5.74) is 6.81. The minimum Gasteiger partial charge on any atom is -0.497 e. The topological polar surface area (TPSA) is 64.8 Å². The number of halogens is 1. The number of amides is 1. The first-order valence-electron chi connectivity index (χ1n) is 6.28. The lowest BCUT2D eigenvalue weighted by Gasteiger charge is -2.24. The summed E-state index contributed by atoms with van der Waals surface area (Å²) >= 11 is 0. The van der Waals surface area contributed by atoms with E-state index >= 15 is 0 Å². The van der Waals surface area contributed by atoms with Crippen LogP contribution in [0.3, 0.4) is 0 Å². The van der Waals surface area contributed by atoms with Crippen molar-refractivity contribution in [2.75, 3.05) is 27.4 Å². The van der Waals surface area contributed by atoms with Crippen LogP contribution < -0.4 is 10.5 Å². The minimum atomic E-state index is -0.608. The number of hydrogen-bond acceptors (Lipinski definition) is 4. The van der Waals surface area contributed by atoms with Gasteiger partial charge in [0, 0.05) is 20.2 Å². The second-order valence-electron chi connectivity index (χ2n) is 4.26. The fraction of sp³-hybridized carbons (Fsp3) is 0.500. The number of benzene rings is 1. The van der Waals surface area contributed by atoms with E-state index < -0.39 is 6.04 Å². The number of hydrogen-bond donors (Lipinski definition) is 1. The Bertz CT molecular complexity index is 398. The molecule has 0 saturated carbocycles. The molecule has 1 aromatic carbocycles. The molecule has 114 valence electrons. The molecule has 2 N–H and O–H groups in total. The predicted molar refractivity (Wildman–Crippen MR) is 81.2 cm³/mol. The van der Waals surface area contributed by atoms with E-state index in [1.165, 1.54) is 7.11 Å². The molecule has 5 nitrogen and oxygen atoms in total. The van der Waals surface area contributed by atoms with Crippen molar-refractivity contribution < 1.29 is 14.3 Å². The highest BCUT2D eigenvalue weighted by molar-refractivity contribution is 5.85. The number of methoxy groups -OCH3 is 2. The van der Waals surface area contributed by atoms with E-state index in [1.807, 2.05) is 31.2 Å². The summed E-state index contributed by atoms with van der Waals surface area (Å²) in [5.74, 6) is 0.703. The molecule has 0 aliphatic carbocycles. The Hall–Kier alpha value is -1.30. The highest BCUT2D eigenvalue weighted by Crippen LogP contribution is 2.13. The first-order valence-corrected chi connectivity index (χ1v) is 6.28. The number of nitrogens with two attached hydrogens (primary N) is 1. The third kappa shape index (κ3) is 5.36. The molecule has 1 unspecified atom stereocenters. The number of ether oxygens (including phenoxy) is 2. The van der Waals surface area contributed by atoms with Gasteiger partial charge < -0.3 is 20.1 Å². The summed E-state index contributed by atoms with van der Waals surface area (Å²) < 4.78 is 10.0. The van der Waals surface area contributed by atoms with Crippen LogP contribution in [0, 0.1) is 0 Å². The molecule has 0 aromatic heterocycles. The Morgan fingerprint density at radius 2 is 1.90 bits per heavy atom. The second-order valence-corrected chi connectivity index (χ2v) is 4.26. The number of carbonyl (C=O) groups excluding carboxylic acids is 1. The maximum Gasteiger partial charge on any atom is 0.242 e. The maximum absolute atomic E-state index is 12.1. The van der Waals surface area contributed by atoms with Crippen LogP contribution in [0.5, 0.6) is 5.75 Å². The molecule has 0 bridgehead atoms. The highest BCUT2D eigenvalue weighted by atomic mass is 35.5. The summed E-state index contributed by atoms with van der Waals surface area (Å²) in [6, 6.07) is 7.03. The summed E-state index contributed by atoms with van der Waals surface area (Å²) in [7, 11) is 3.16. The molecule has 0 fully saturated rings. The number of carbonyl (C=O) groups is 1. The van der Waals surface area contributed by atoms with Crippen molar-refractivity contribution in [3.63, 3.8) is 0 Å². The van der Waals surface area contributed by atoms with Crippen molar-refractivity contribution in [2.45, 2.75) is 19.5 Å². The zero-order valence-corrected chi connectivity index (χ0v) is 13.0. The number of likely N-dealkylation sites (N-methyl/N-ethyl adjacent to an activating group) is 1. The van der Waals surface area contributed by atoms with Gasteiger partial charge in [0.2, 0.25) is 5.91 Å². The lowest BCUT2D eigenvalue weighted by Crippen LogP contribution is -2.45. The van der Waals surface area contributed by atoms with Gasteiger partial charge in [-0.1, -0.05) is 12.1 Å².